The maximum absolute atomic E-state index is 11.4. The zero-order valence-electron chi connectivity index (χ0n) is 9.38. The number of hydrogen-bond acceptors (Lipinski definition) is 2. The predicted octanol–water partition coefficient (Wildman–Crippen LogP) is 1.39. The molecular formula is C11H22N2O. The fourth-order valence-electron chi connectivity index (χ4n) is 1.84. The van der Waals surface area contributed by atoms with Crippen molar-refractivity contribution < 1.29 is 4.79 Å². The molecule has 1 aliphatic heterocycles. The second kappa shape index (κ2) is 6.02. The van der Waals surface area contributed by atoms with Crippen molar-refractivity contribution in [1.29, 1.82) is 0 Å². The Hall–Kier alpha value is -0.570. The van der Waals surface area contributed by atoms with Gasteiger partial charge >= 0.3 is 0 Å². The van der Waals surface area contributed by atoms with Crippen LogP contribution in [-0.2, 0) is 4.79 Å². The van der Waals surface area contributed by atoms with Gasteiger partial charge in [-0.1, -0.05) is 6.42 Å². The number of amides is 1. The Bertz CT molecular complexity index is 174. The van der Waals surface area contributed by atoms with Gasteiger partial charge in [-0.05, 0) is 39.8 Å². The van der Waals surface area contributed by atoms with E-state index < -0.39 is 0 Å². The van der Waals surface area contributed by atoms with E-state index in [2.05, 4.69) is 10.2 Å². The average molecular weight is 198 g/mol. The molecule has 82 valence electrons. The van der Waals surface area contributed by atoms with Crippen molar-refractivity contribution in [3.8, 4) is 0 Å². The molecule has 1 heterocycles. The van der Waals surface area contributed by atoms with Gasteiger partial charge in [0.05, 0.1) is 0 Å². The molecular weight excluding hydrogens is 176 g/mol. The number of carbonyl (C=O) groups excluding carboxylic acids is 1. The summed E-state index contributed by atoms with van der Waals surface area (Å²) in [5.41, 5.74) is 0. The summed E-state index contributed by atoms with van der Waals surface area (Å²) in [6.45, 7) is 7.28. The van der Waals surface area contributed by atoms with Crippen molar-refractivity contribution in [3.05, 3.63) is 0 Å². The van der Waals surface area contributed by atoms with Crippen molar-refractivity contribution >= 4 is 5.91 Å². The topological polar surface area (TPSA) is 32.3 Å². The molecule has 1 saturated heterocycles. The molecule has 3 heteroatoms. The van der Waals surface area contributed by atoms with Crippen LogP contribution in [0.1, 0.15) is 39.5 Å². The third kappa shape index (κ3) is 4.61. The van der Waals surface area contributed by atoms with Crippen molar-refractivity contribution in [3.63, 3.8) is 0 Å². The Morgan fingerprint density at radius 3 is 2.50 bits per heavy atom. The maximum Gasteiger partial charge on any atom is 0.221 e. The van der Waals surface area contributed by atoms with Crippen LogP contribution < -0.4 is 5.32 Å². The van der Waals surface area contributed by atoms with Crippen LogP contribution in [0.25, 0.3) is 0 Å². The van der Waals surface area contributed by atoms with Gasteiger partial charge in [0.1, 0.15) is 0 Å². The second-order valence-corrected chi connectivity index (χ2v) is 4.37. The molecule has 0 aliphatic carbocycles. The minimum absolute atomic E-state index is 0.186. The molecule has 0 saturated carbocycles. The standard InChI is InChI=1S/C11H22N2O/c1-10(2)12-11(14)6-9-13-7-4-3-5-8-13/h10H,3-9H2,1-2H3,(H,12,14). The molecule has 1 rings (SSSR count). The highest BCUT2D eigenvalue weighted by molar-refractivity contribution is 5.76. The monoisotopic (exact) mass is 198 g/mol. The second-order valence-electron chi connectivity index (χ2n) is 4.37. The predicted molar refractivity (Wildman–Crippen MR) is 58.2 cm³/mol. The van der Waals surface area contributed by atoms with Crippen molar-refractivity contribution in [2.45, 2.75) is 45.6 Å². The van der Waals surface area contributed by atoms with Gasteiger partial charge in [-0.2, -0.15) is 0 Å². The third-order valence-corrected chi connectivity index (χ3v) is 2.55. The van der Waals surface area contributed by atoms with Crippen molar-refractivity contribution in [2.24, 2.45) is 0 Å². The van der Waals surface area contributed by atoms with Gasteiger partial charge < -0.3 is 10.2 Å². The lowest BCUT2D eigenvalue weighted by Gasteiger charge is -2.26. The van der Waals surface area contributed by atoms with Gasteiger partial charge in [-0.15, -0.1) is 0 Å². The summed E-state index contributed by atoms with van der Waals surface area (Å²) in [7, 11) is 0. The minimum Gasteiger partial charge on any atom is -0.354 e. The molecule has 0 atom stereocenters. The van der Waals surface area contributed by atoms with Gasteiger partial charge in [-0.25, -0.2) is 0 Å². The maximum atomic E-state index is 11.4. The lowest BCUT2D eigenvalue weighted by atomic mass is 10.1. The highest BCUT2D eigenvalue weighted by atomic mass is 16.1. The number of likely N-dealkylation sites (tertiary alicyclic amines) is 1. The smallest absolute Gasteiger partial charge is 0.221 e. The molecule has 1 fully saturated rings. The van der Waals surface area contributed by atoms with Crippen LogP contribution in [0, 0.1) is 0 Å². The van der Waals surface area contributed by atoms with Crippen LogP contribution in [0.3, 0.4) is 0 Å². The van der Waals surface area contributed by atoms with Crippen LogP contribution in [0.15, 0.2) is 0 Å². The molecule has 0 radical (unpaired) electrons. The zero-order valence-corrected chi connectivity index (χ0v) is 9.38. The first-order valence-corrected chi connectivity index (χ1v) is 5.70. The highest BCUT2D eigenvalue weighted by Crippen LogP contribution is 2.08. The fraction of sp³-hybridized carbons (Fsp3) is 0.909. The van der Waals surface area contributed by atoms with Crippen LogP contribution in [-0.4, -0.2) is 36.5 Å². The van der Waals surface area contributed by atoms with E-state index in [1.54, 1.807) is 0 Å². The summed E-state index contributed by atoms with van der Waals surface area (Å²) in [6.07, 6.45) is 4.60. The van der Waals surface area contributed by atoms with E-state index >= 15 is 0 Å². The number of piperidine rings is 1. The number of carbonyl (C=O) groups is 1. The van der Waals surface area contributed by atoms with Crippen LogP contribution in [0.5, 0.6) is 0 Å². The van der Waals surface area contributed by atoms with Crippen molar-refractivity contribution in [1.82, 2.24) is 10.2 Å². The summed E-state index contributed by atoms with van der Waals surface area (Å²) >= 11 is 0. The molecule has 0 aromatic carbocycles. The molecule has 0 aromatic heterocycles. The Morgan fingerprint density at radius 2 is 1.93 bits per heavy atom. The largest absolute Gasteiger partial charge is 0.354 e. The molecule has 0 aromatic rings. The lowest BCUT2D eigenvalue weighted by Crippen LogP contribution is -2.36. The van der Waals surface area contributed by atoms with Gasteiger partial charge in [0.25, 0.3) is 0 Å². The number of hydrogen-bond donors (Lipinski definition) is 1. The Morgan fingerprint density at radius 1 is 1.29 bits per heavy atom. The Labute approximate surface area is 86.9 Å². The molecule has 1 N–H and O–H groups in total. The summed E-state index contributed by atoms with van der Waals surface area (Å²) in [5.74, 6) is 0.186. The molecule has 0 spiro atoms. The number of rotatable bonds is 4. The molecule has 3 nitrogen and oxygen atoms in total. The summed E-state index contributed by atoms with van der Waals surface area (Å²) < 4.78 is 0. The molecule has 1 amide bonds. The minimum atomic E-state index is 0.186. The number of nitrogens with zero attached hydrogens (tertiary/aromatic N) is 1. The third-order valence-electron chi connectivity index (χ3n) is 2.55. The van der Waals surface area contributed by atoms with E-state index in [1.807, 2.05) is 13.8 Å². The lowest BCUT2D eigenvalue weighted by molar-refractivity contribution is -0.121. The first-order chi connectivity index (χ1) is 6.68. The van der Waals surface area contributed by atoms with E-state index in [9.17, 15) is 4.79 Å². The summed E-state index contributed by atoms with van der Waals surface area (Å²) in [6, 6.07) is 0.267. The number of nitrogens with one attached hydrogen (secondary N) is 1. The normalized spacial score (nSPS) is 18.5. The van der Waals surface area contributed by atoms with E-state index in [1.165, 1.54) is 32.4 Å². The molecule has 14 heavy (non-hydrogen) atoms. The van der Waals surface area contributed by atoms with E-state index in [4.69, 9.17) is 0 Å². The average Bonchev–Trinajstić information content (AvgIpc) is 2.15. The summed E-state index contributed by atoms with van der Waals surface area (Å²) in [4.78, 5) is 13.8. The van der Waals surface area contributed by atoms with Gasteiger partial charge in [0.2, 0.25) is 5.91 Å². The first-order valence-electron chi connectivity index (χ1n) is 5.70. The Balaban J connectivity index is 2.09. The molecule has 1 aliphatic rings. The first kappa shape index (κ1) is 11.5. The van der Waals surface area contributed by atoms with Gasteiger partial charge in [0.15, 0.2) is 0 Å². The zero-order chi connectivity index (χ0) is 10.4. The quantitative estimate of drug-likeness (QED) is 0.740. The highest BCUT2D eigenvalue weighted by Gasteiger charge is 2.11. The van der Waals surface area contributed by atoms with E-state index in [0.717, 1.165) is 6.54 Å². The van der Waals surface area contributed by atoms with Crippen LogP contribution in [0.2, 0.25) is 0 Å². The van der Waals surface area contributed by atoms with Gasteiger partial charge in [0, 0.05) is 19.0 Å². The molecule has 0 unspecified atom stereocenters. The van der Waals surface area contributed by atoms with Crippen LogP contribution in [0.4, 0.5) is 0 Å². The van der Waals surface area contributed by atoms with E-state index in [-0.39, 0.29) is 11.9 Å². The Kier molecular flexibility index (Phi) is 4.94. The fourth-order valence-corrected chi connectivity index (χ4v) is 1.84. The molecule has 0 bridgehead atoms. The van der Waals surface area contributed by atoms with E-state index in [0.29, 0.717) is 6.42 Å². The SMILES string of the molecule is CC(C)NC(=O)CCN1CCCCC1. The van der Waals surface area contributed by atoms with Crippen LogP contribution >= 0.6 is 0 Å². The van der Waals surface area contributed by atoms with Gasteiger partial charge in [-0.3, -0.25) is 4.79 Å². The summed E-state index contributed by atoms with van der Waals surface area (Å²) in [5, 5.41) is 2.92. The van der Waals surface area contributed by atoms with Crippen molar-refractivity contribution in [2.75, 3.05) is 19.6 Å².